The van der Waals surface area contributed by atoms with Gasteiger partial charge in [-0.2, -0.15) is 0 Å². The molecule has 1 aromatic carbocycles. The molecule has 94 valence electrons. The number of benzene rings is 1. The predicted molar refractivity (Wildman–Crippen MR) is 75.5 cm³/mol. The van der Waals surface area contributed by atoms with Gasteiger partial charge in [-0.05, 0) is 43.1 Å². The van der Waals surface area contributed by atoms with Gasteiger partial charge in [-0.25, -0.2) is 4.39 Å². The minimum atomic E-state index is -0.198. The van der Waals surface area contributed by atoms with E-state index in [1.54, 1.807) is 12.1 Å². The van der Waals surface area contributed by atoms with Crippen molar-refractivity contribution in [3.05, 3.63) is 39.6 Å². The maximum absolute atomic E-state index is 13.1. The van der Waals surface area contributed by atoms with Crippen molar-refractivity contribution in [2.24, 2.45) is 0 Å². The Hall–Kier alpha value is -0.670. The monoisotopic (exact) mass is 299 g/mol. The molecule has 0 radical (unpaired) electrons. The molecule has 1 rings (SSSR count). The minimum absolute atomic E-state index is 0.198. The third kappa shape index (κ3) is 5.00. The van der Waals surface area contributed by atoms with E-state index in [1.807, 2.05) is 0 Å². The standard InChI is InChI=1S/C14H19BrFN/c1-3-7-17-10-11(4-2)8-12-9-13(16)5-6-14(12)15/h5-6,8-9,17H,3-4,7,10H2,1-2H3/b11-8+. The molecule has 1 N–H and O–H groups in total. The van der Waals surface area contributed by atoms with Crippen LogP contribution in [-0.2, 0) is 0 Å². The third-order valence-electron chi connectivity index (χ3n) is 2.55. The first-order valence-corrected chi connectivity index (χ1v) is 6.81. The quantitative estimate of drug-likeness (QED) is 0.769. The Labute approximate surface area is 111 Å². The van der Waals surface area contributed by atoms with Crippen molar-refractivity contribution in [2.45, 2.75) is 26.7 Å². The molecule has 0 heterocycles. The van der Waals surface area contributed by atoms with E-state index in [0.717, 1.165) is 36.0 Å². The average Bonchev–Trinajstić information content (AvgIpc) is 2.32. The SMILES string of the molecule is CCCNC/C(=C/c1cc(F)ccc1Br)CC. The molecule has 1 aromatic rings. The summed E-state index contributed by atoms with van der Waals surface area (Å²) in [6, 6.07) is 4.76. The van der Waals surface area contributed by atoms with E-state index in [1.165, 1.54) is 11.6 Å². The summed E-state index contributed by atoms with van der Waals surface area (Å²) >= 11 is 3.44. The fraction of sp³-hybridized carbons (Fsp3) is 0.429. The lowest BCUT2D eigenvalue weighted by molar-refractivity contribution is 0.627. The van der Waals surface area contributed by atoms with Gasteiger partial charge in [-0.15, -0.1) is 0 Å². The Morgan fingerprint density at radius 1 is 1.41 bits per heavy atom. The van der Waals surface area contributed by atoms with Crippen molar-refractivity contribution in [1.82, 2.24) is 5.32 Å². The van der Waals surface area contributed by atoms with Crippen molar-refractivity contribution in [3.63, 3.8) is 0 Å². The molecule has 0 unspecified atom stereocenters. The average molecular weight is 300 g/mol. The minimum Gasteiger partial charge on any atom is -0.313 e. The molecule has 0 saturated heterocycles. The van der Waals surface area contributed by atoms with Crippen molar-refractivity contribution in [1.29, 1.82) is 0 Å². The van der Waals surface area contributed by atoms with Crippen LogP contribution in [0.5, 0.6) is 0 Å². The van der Waals surface area contributed by atoms with E-state index in [2.05, 4.69) is 41.2 Å². The molecule has 0 bridgehead atoms. The molecule has 0 aliphatic carbocycles. The lowest BCUT2D eigenvalue weighted by Gasteiger charge is -2.07. The molecule has 0 amide bonds. The Morgan fingerprint density at radius 3 is 2.82 bits per heavy atom. The first-order chi connectivity index (χ1) is 8.17. The fourth-order valence-corrected chi connectivity index (χ4v) is 1.91. The van der Waals surface area contributed by atoms with Gasteiger partial charge in [0.1, 0.15) is 5.82 Å². The highest BCUT2D eigenvalue weighted by molar-refractivity contribution is 9.10. The van der Waals surface area contributed by atoms with Gasteiger partial charge in [-0.3, -0.25) is 0 Å². The zero-order valence-corrected chi connectivity index (χ0v) is 12.0. The van der Waals surface area contributed by atoms with Crippen LogP contribution in [0.1, 0.15) is 32.3 Å². The van der Waals surface area contributed by atoms with Crippen LogP contribution in [0.15, 0.2) is 28.2 Å². The highest BCUT2D eigenvalue weighted by atomic mass is 79.9. The molecule has 3 heteroatoms. The van der Waals surface area contributed by atoms with Crippen LogP contribution in [0, 0.1) is 5.82 Å². The molecule has 0 atom stereocenters. The van der Waals surface area contributed by atoms with Crippen LogP contribution in [-0.4, -0.2) is 13.1 Å². The Balaban J connectivity index is 2.78. The van der Waals surface area contributed by atoms with Crippen LogP contribution >= 0.6 is 15.9 Å². The number of nitrogens with one attached hydrogen (secondary N) is 1. The summed E-state index contributed by atoms with van der Waals surface area (Å²) in [5, 5.41) is 3.36. The Morgan fingerprint density at radius 2 is 2.18 bits per heavy atom. The molecule has 0 aromatic heterocycles. The summed E-state index contributed by atoms with van der Waals surface area (Å²) in [7, 11) is 0. The van der Waals surface area contributed by atoms with Crippen molar-refractivity contribution in [3.8, 4) is 0 Å². The second-order valence-electron chi connectivity index (χ2n) is 4.00. The maximum atomic E-state index is 13.1. The molecular weight excluding hydrogens is 281 g/mol. The number of halogens is 2. The number of rotatable bonds is 6. The van der Waals surface area contributed by atoms with E-state index in [9.17, 15) is 4.39 Å². The molecule has 1 nitrogen and oxygen atoms in total. The van der Waals surface area contributed by atoms with E-state index in [0.29, 0.717) is 0 Å². The Kier molecular flexibility index (Phi) is 6.45. The number of hydrogen-bond acceptors (Lipinski definition) is 1. The van der Waals surface area contributed by atoms with Crippen LogP contribution in [0.4, 0.5) is 4.39 Å². The van der Waals surface area contributed by atoms with Gasteiger partial charge in [0.25, 0.3) is 0 Å². The summed E-state index contributed by atoms with van der Waals surface area (Å²) in [5.41, 5.74) is 2.19. The maximum Gasteiger partial charge on any atom is 0.123 e. The molecule has 0 fully saturated rings. The molecular formula is C14H19BrFN. The van der Waals surface area contributed by atoms with Crippen LogP contribution < -0.4 is 5.32 Å². The first kappa shape index (κ1) is 14.4. The summed E-state index contributed by atoms with van der Waals surface area (Å²) in [5.74, 6) is -0.198. The van der Waals surface area contributed by atoms with Gasteiger partial charge in [0.05, 0.1) is 0 Å². The topological polar surface area (TPSA) is 12.0 Å². The summed E-state index contributed by atoms with van der Waals surface area (Å²) in [4.78, 5) is 0. The van der Waals surface area contributed by atoms with Crippen molar-refractivity contribution in [2.75, 3.05) is 13.1 Å². The predicted octanol–water partition coefficient (Wildman–Crippen LogP) is 4.38. The highest BCUT2D eigenvalue weighted by Gasteiger charge is 2.01. The molecule has 0 aliphatic rings. The largest absolute Gasteiger partial charge is 0.313 e. The van der Waals surface area contributed by atoms with Crippen molar-refractivity contribution < 1.29 is 4.39 Å². The van der Waals surface area contributed by atoms with E-state index >= 15 is 0 Å². The molecule has 17 heavy (non-hydrogen) atoms. The van der Waals surface area contributed by atoms with Crippen molar-refractivity contribution >= 4 is 22.0 Å². The third-order valence-corrected chi connectivity index (χ3v) is 3.27. The van der Waals surface area contributed by atoms with E-state index < -0.39 is 0 Å². The smallest absolute Gasteiger partial charge is 0.123 e. The van der Waals surface area contributed by atoms with Gasteiger partial charge < -0.3 is 5.32 Å². The number of hydrogen-bond donors (Lipinski definition) is 1. The van der Waals surface area contributed by atoms with Gasteiger partial charge in [0.2, 0.25) is 0 Å². The van der Waals surface area contributed by atoms with E-state index in [-0.39, 0.29) is 5.82 Å². The summed E-state index contributed by atoms with van der Waals surface area (Å²) < 4.78 is 14.1. The summed E-state index contributed by atoms with van der Waals surface area (Å²) in [6.07, 6.45) is 4.15. The second-order valence-corrected chi connectivity index (χ2v) is 4.85. The van der Waals surface area contributed by atoms with Gasteiger partial charge in [0, 0.05) is 11.0 Å². The normalized spacial score (nSPS) is 11.9. The van der Waals surface area contributed by atoms with Gasteiger partial charge >= 0.3 is 0 Å². The Bertz CT molecular complexity index is 388. The highest BCUT2D eigenvalue weighted by Crippen LogP contribution is 2.21. The lowest BCUT2D eigenvalue weighted by Crippen LogP contribution is -2.17. The van der Waals surface area contributed by atoms with E-state index in [4.69, 9.17) is 0 Å². The zero-order chi connectivity index (χ0) is 12.7. The van der Waals surface area contributed by atoms with Gasteiger partial charge in [-0.1, -0.05) is 41.4 Å². The molecule has 0 spiro atoms. The first-order valence-electron chi connectivity index (χ1n) is 6.02. The van der Waals surface area contributed by atoms with Crippen LogP contribution in [0.3, 0.4) is 0 Å². The summed E-state index contributed by atoms with van der Waals surface area (Å²) in [6.45, 7) is 6.15. The van der Waals surface area contributed by atoms with Gasteiger partial charge in [0.15, 0.2) is 0 Å². The van der Waals surface area contributed by atoms with Crippen LogP contribution in [0.2, 0.25) is 0 Å². The molecule has 0 aliphatic heterocycles. The fourth-order valence-electron chi connectivity index (χ4n) is 1.55. The lowest BCUT2D eigenvalue weighted by atomic mass is 10.1. The zero-order valence-electron chi connectivity index (χ0n) is 10.4. The van der Waals surface area contributed by atoms with Crippen LogP contribution in [0.25, 0.3) is 6.08 Å². The second kappa shape index (κ2) is 7.62. The molecule has 0 saturated carbocycles.